The summed E-state index contributed by atoms with van der Waals surface area (Å²) in [7, 11) is -2.76. The lowest BCUT2D eigenvalue weighted by Crippen LogP contribution is -2.46. The average Bonchev–Trinajstić information content (AvgIpc) is 2.39. The van der Waals surface area contributed by atoms with Gasteiger partial charge in [-0.2, -0.15) is 0 Å². The van der Waals surface area contributed by atoms with Crippen LogP contribution in [-0.2, 0) is 27.5 Å². The predicted octanol–water partition coefficient (Wildman–Crippen LogP) is 1.98. The number of hydrogen-bond donors (Lipinski definition) is 0. The van der Waals surface area contributed by atoms with Gasteiger partial charge in [-0.15, -0.1) is 0 Å². The molecule has 0 heterocycles. The molecule has 0 rings (SSSR count). The fourth-order valence-electron chi connectivity index (χ4n) is 1.08. The second-order valence-corrected chi connectivity index (χ2v) is 6.24. The Hall–Kier alpha value is -0.0231. The molecule has 0 saturated heterocycles. The zero-order valence-corrected chi connectivity index (χ0v) is 12.9. The summed E-state index contributed by atoms with van der Waals surface area (Å²) < 4.78 is 32.4. The molecule has 0 aromatic heterocycles. The van der Waals surface area contributed by atoms with Crippen LogP contribution in [0.4, 0.5) is 0 Å². The van der Waals surface area contributed by atoms with Crippen molar-refractivity contribution in [1.29, 1.82) is 0 Å². The molecule has 0 fully saturated rings. The van der Waals surface area contributed by atoms with E-state index in [9.17, 15) is 0 Å². The van der Waals surface area contributed by atoms with Crippen molar-refractivity contribution in [3.63, 3.8) is 0 Å². The van der Waals surface area contributed by atoms with Gasteiger partial charge >= 0.3 is 8.80 Å². The average molecular weight is 282 g/mol. The summed E-state index contributed by atoms with van der Waals surface area (Å²) in [6.07, 6.45) is 0. The molecule has 0 spiro atoms. The standard InChI is InChI=1S/C11H26O6Si/c1-5-12-9-15-18(8-4,16-10-13-6-2)17-11-14-7-3/h5-11H2,1-4H3. The molecule has 7 heteroatoms. The van der Waals surface area contributed by atoms with Gasteiger partial charge < -0.3 is 27.5 Å². The van der Waals surface area contributed by atoms with E-state index in [4.69, 9.17) is 27.5 Å². The third-order valence-electron chi connectivity index (χ3n) is 2.13. The first-order valence-corrected chi connectivity index (χ1v) is 8.32. The first kappa shape index (κ1) is 18.0. The molecule has 0 atom stereocenters. The van der Waals surface area contributed by atoms with Gasteiger partial charge in [-0.3, -0.25) is 0 Å². The van der Waals surface area contributed by atoms with Gasteiger partial charge in [0.1, 0.15) is 20.4 Å². The summed E-state index contributed by atoms with van der Waals surface area (Å²) in [4.78, 5) is 0. The maximum Gasteiger partial charge on any atom is 0.505 e. The maximum absolute atomic E-state index is 5.62. The summed E-state index contributed by atoms with van der Waals surface area (Å²) in [5, 5.41) is 0. The van der Waals surface area contributed by atoms with Gasteiger partial charge in [0.2, 0.25) is 0 Å². The predicted molar refractivity (Wildman–Crippen MR) is 69.0 cm³/mol. The maximum atomic E-state index is 5.62. The SMILES string of the molecule is CCOCO[Si](CC)(OCOCC)OCOCC. The van der Waals surface area contributed by atoms with Crippen molar-refractivity contribution >= 4 is 8.80 Å². The molecular weight excluding hydrogens is 256 g/mol. The van der Waals surface area contributed by atoms with Crippen molar-refractivity contribution in [2.75, 3.05) is 40.2 Å². The van der Waals surface area contributed by atoms with Gasteiger partial charge in [0.25, 0.3) is 0 Å². The summed E-state index contributed by atoms with van der Waals surface area (Å²) in [6, 6.07) is 0.639. The molecule has 0 unspecified atom stereocenters. The molecule has 0 aromatic carbocycles. The molecule has 110 valence electrons. The zero-order valence-electron chi connectivity index (χ0n) is 11.9. The minimum atomic E-state index is -2.76. The van der Waals surface area contributed by atoms with E-state index in [1.807, 2.05) is 27.7 Å². The lowest BCUT2D eigenvalue weighted by molar-refractivity contribution is -0.0997. The van der Waals surface area contributed by atoms with Crippen molar-refractivity contribution in [3.05, 3.63) is 0 Å². The third kappa shape index (κ3) is 8.14. The smallest absolute Gasteiger partial charge is 0.357 e. The van der Waals surface area contributed by atoms with Crippen LogP contribution in [0.3, 0.4) is 0 Å². The highest BCUT2D eigenvalue weighted by Gasteiger charge is 2.39. The van der Waals surface area contributed by atoms with Gasteiger partial charge in [-0.25, -0.2) is 0 Å². The van der Waals surface area contributed by atoms with E-state index in [0.717, 1.165) is 0 Å². The van der Waals surface area contributed by atoms with Gasteiger partial charge in [0.15, 0.2) is 0 Å². The Morgan fingerprint density at radius 2 is 0.944 bits per heavy atom. The molecule has 0 aliphatic rings. The van der Waals surface area contributed by atoms with Crippen LogP contribution in [0.5, 0.6) is 0 Å². The van der Waals surface area contributed by atoms with E-state index in [1.54, 1.807) is 0 Å². The highest BCUT2D eigenvalue weighted by molar-refractivity contribution is 6.60. The second-order valence-electron chi connectivity index (χ2n) is 3.30. The Morgan fingerprint density at radius 3 is 1.17 bits per heavy atom. The minimum absolute atomic E-state index is 0.162. The first-order valence-electron chi connectivity index (χ1n) is 6.39. The van der Waals surface area contributed by atoms with E-state index < -0.39 is 8.80 Å². The van der Waals surface area contributed by atoms with E-state index in [2.05, 4.69) is 0 Å². The van der Waals surface area contributed by atoms with Crippen molar-refractivity contribution in [1.82, 2.24) is 0 Å². The van der Waals surface area contributed by atoms with E-state index in [0.29, 0.717) is 25.9 Å². The van der Waals surface area contributed by atoms with E-state index in [-0.39, 0.29) is 20.4 Å². The van der Waals surface area contributed by atoms with Crippen molar-refractivity contribution in [2.45, 2.75) is 33.7 Å². The molecule has 0 radical (unpaired) electrons. The van der Waals surface area contributed by atoms with Crippen LogP contribution in [0.1, 0.15) is 27.7 Å². The van der Waals surface area contributed by atoms with Crippen LogP contribution in [0.25, 0.3) is 0 Å². The number of rotatable bonds is 13. The molecule has 6 nitrogen and oxygen atoms in total. The normalized spacial score (nSPS) is 12.0. The third-order valence-corrected chi connectivity index (χ3v) is 4.67. The first-order chi connectivity index (χ1) is 8.74. The fourth-order valence-corrected chi connectivity index (χ4v) is 2.73. The molecule has 0 saturated carbocycles. The van der Waals surface area contributed by atoms with Gasteiger partial charge in [0.05, 0.1) is 0 Å². The van der Waals surface area contributed by atoms with Crippen LogP contribution in [0.15, 0.2) is 0 Å². The van der Waals surface area contributed by atoms with Crippen LogP contribution in [0.2, 0.25) is 6.04 Å². The van der Waals surface area contributed by atoms with Crippen molar-refractivity contribution < 1.29 is 27.5 Å². The fraction of sp³-hybridized carbons (Fsp3) is 1.00. The topological polar surface area (TPSA) is 55.4 Å². The monoisotopic (exact) mass is 282 g/mol. The summed E-state index contributed by atoms with van der Waals surface area (Å²) in [6.45, 7) is 9.91. The Labute approximate surface area is 111 Å². The van der Waals surface area contributed by atoms with E-state index in [1.165, 1.54) is 0 Å². The molecule has 0 N–H and O–H groups in total. The van der Waals surface area contributed by atoms with Crippen LogP contribution in [-0.4, -0.2) is 49.0 Å². The molecule has 0 aromatic rings. The highest BCUT2D eigenvalue weighted by atomic mass is 28.4. The van der Waals surface area contributed by atoms with Crippen LogP contribution < -0.4 is 0 Å². The molecule has 0 bridgehead atoms. The van der Waals surface area contributed by atoms with Crippen LogP contribution >= 0.6 is 0 Å². The van der Waals surface area contributed by atoms with Gasteiger partial charge in [-0.05, 0) is 20.8 Å². The lowest BCUT2D eigenvalue weighted by atomic mass is 10.9. The minimum Gasteiger partial charge on any atom is -0.357 e. The summed E-state index contributed by atoms with van der Waals surface area (Å²) in [5.74, 6) is 0. The molecule has 18 heavy (non-hydrogen) atoms. The highest BCUT2D eigenvalue weighted by Crippen LogP contribution is 2.15. The Kier molecular flexibility index (Phi) is 12.0. The largest absolute Gasteiger partial charge is 0.505 e. The Balaban J connectivity index is 4.20. The molecule has 0 aliphatic heterocycles. The number of hydrogen-bond acceptors (Lipinski definition) is 6. The molecular formula is C11H26O6Si. The molecule has 0 amide bonds. The Morgan fingerprint density at radius 1 is 0.611 bits per heavy atom. The van der Waals surface area contributed by atoms with Gasteiger partial charge in [0, 0.05) is 25.9 Å². The van der Waals surface area contributed by atoms with Gasteiger partial charge in [-0.1, -0.05) is 6.92 Å². The van der Waals surface area contributed by atoms with E-state index >= 15 is 0 Å². The molecule has 0 aliphatic carbocycles. The summed E-state index contributed by atoms with van der Waals surface area (Å²) >= 11 is 0. The summed E-state index contributed by atoms with van der Waals surface area (Å²) in [5.41, 5.74) is 0. The quantitative estimate of drug-likeness (QED) is 0.292. The Bertz CT molecular complexity index is 154. The van der Waals surface area contributed by atoms with Crippen molar-refractivity contribution in [2.24, 2.45) is 0 Å². The number of ether oxygens (including phenoxy) is 3. The zero-order chi connectivity index (χ0) is 13.7. The van der Waals surface area contributed by atoms with Crippen molar-refractivity contribution in [3.8, 4) is 0 Å². The lowest BCUT2D eigenvalue weighted by Gasteiger charge is -2.28. The second kappa shape index (κ2) is 12.0. The van der Waals surface area contributed by atoms with Crippen LogP contribution in [0, 0.1) is 0 Å².